The monoisotopic (exact) mass is 311 g/mol. The molecule has 1 unspecified atom stereocenters. The zero-order valence-electron chi connectivity index (χ0n) is 13.1. The van der Waals surface area contributed by atoms with Gasteiger partial charge in [-0.1, -0.05) is 48.5 Å². The van der Waals surface area contributed by atoms with Gasteiger partial charge in [-0.2, -0.15) is 0 Å². The van der Waals surface area contributed by atoms with Gasteiger partial charge in [0.15, 0.2) is 0 Å². The van der Waals surface area contributed by atoms with Crippen LogP contribution in [0.5, 0.6) is 0 Å². The first-order valence-corrected chi connectivity index (χ1v) is 7.70. The van der Waals surface area contributed by atoms with Crippen LogP contribution >= 0.6 is 0 Å². The molecule has 0 bridgehead atoms. The lowest BCUT2D eigenvalue weighted by atomic mass is 10.0. The predicted molar refractivity (Wildman–Crippen MR) is 88.7 cm³/mol. The third-order valence-corrected chi connectivity index (χ3v) is 4.06. The molecule has 1 amide bonds. The number of carbonyl (C=O) groups excluding carboxylic acids is 1. The Labute approximate surface area is 135 Å². The Kier molecular flexibility index (Phi) is 4.32. The lowest BCUT2D eigenvalue weighted by Gasteiger charge is -2.38. The van der Waals surface area contributed by atoms with Gasteiger partial charge in [-0.25, -0.2) is 5.06 Å². The lowest BCUT2D eigenvalue weighted by molar-refractivity contribution is -0.169. The van der Waals surface area contributed by atoms with E-state index in [0.717, 1.165) is 16.3 Å². The second kappa shape index (κ2) is 6.40. The number of amides is 1. The molecular formula is C18H21N3O2. The Hall–Kier alpha value is -2.37. The molecule has 23 heavy (non-hydrogen) atoms. The van der Waals surface area contributed by atoms with Crippen LogP contribution in [0.2, 0.25) is 0 Å². The van der Waals surface area contributed by atoms with E-state index in [1.54, 1.807) is 0 Å². The van der Waals surface area contributed by atoms with E-state index in [4.69, 9.17) is 0 Å². The normalized spacial score (nSPS) is 19.6. The fourth-order valence-electron chi connectivity index (χ4n) is 2.77. The summed E-state index contributed by atoms with van der Waals surface area (Å²) in [6.07, 6.45) is 0.157. The lowest BCUT2D eigenvalue weighted by Crippen LogP contribution is -2.54. The molecule has 0 saturated heterocycles. The average Bonchev–Trinajstić information content (AvgIpc) is 2.55. The van der Waals surface area contributed by atoms with Crippen LogP contribution < -0.4 is 10.6 Å². The molecule has 0 aromatic heterocycles. The van der Waals surface area contributed by atoms with Crippen LogP contribution in [0.25, 0.3) is 0 Å². The van der Waals surface area contributed by atoms with Gasteiger partial charge < -0.3 is 5.32 Å². The van der Waals surface area contributed by atoms with Crippen molar-refractivity contribution >= 4 is 11.6 Å². The number of nitrogens with zero attached hydrogens (tertiary/aromatic N) is 1. The van der Waals surface area contributed by atoms with E-state index in [9.17, 15) is 10.0 Å². The minimum Gasteiger partial charge on any atom is -0.367 e. The van der Waals surface area contributed by atoms with Crippen LogP contribution in [0.4, 0.5) is 5.69 Å². The van der Waals surface area contributed by atoms with Crippen LogP contribution in [0, 0.1) is 0 Å². The molecule has 0 spiro atoms. The summed E-state index contributed by atoms with van der Waals surface area (Å²) >= 11 is 0. The number of hydrogen-bond donors (Lipinski definition) is 3. The highest BCUT2D eigenvalue weighted by molar-refractivity contribution is 5.77. The van der Waals surface area contributed by atoms with Crippen LogP contribution in [-0.2, 0) is 17.9 Å². The number of fused-ring (bicyclic) bond motifs is 1. The summed E-state index contributed by atoms with van der Waals surface area (Å²) in [4.78, 5) is 12.3. The zero-order chi connectivity index (χ0) is 16.3. The first kappa shape index (κ1) is 15.5. The maximum atomic E-state index is 12.3. The molecule has 1 aliphatic rings. The van der Waals surface area contributed by atoms with Crippen LogP contribution in [0.15, 0.2) is 54.6 Å². The van der Waals surface area contributed by atoms with Crippen molar-refractivity contribution in [2.75, 3.05) is 5.32 Å². The van der Waals surface area contributed by atoms with Crippen molar-refractivity contribution in [3.05, 3.63) is 65.7 Å². The molecule has 5 nitrogen and oxygen atoms in total. The third-order valence-electron chi connectivity index (χ3n) is 4.06. The Balaban J connectivity index is 1.63. The maximum Gasteiger partial charge on any atom is 0.249 e. The second-order valence-electron chi connectivity index (χ2n) is 6.08. The summed E-state index contributed by atoms with van der Waals surface area (Å²) < 4.78 is 0. The molecule has 3 rings (SSSR count). The van der Waals surface area contributed by atoms with Gasteiger partial charge >= 0.3 is 0 Å². The van der Waals surface area contributed by atoms with E-state index in [1.807, 2.05) is 61.5 Å². The topological polar surface area (TPSA) is 64.6 Å². The molecular weight excluding hydrogens is 290 g/mol. The van der Waals surface area contributed by atoms with Gasteiger partial charge in [0.1, 0.15) is 0 Å². The van der Waals surface area contributed by atoms with Crippen LogP contribution in [0.1, 0.15) is 24.5 Å². The van der Waals surface area contributed by atoms with Crippen molar-refractivity contribution in [1.29, 1.82) is 0 Å². The van der Waals surface area contributed by atoms with Gasteiger partial charge in [-0.3, -0.25) is 15.3 Å². The Morgan fingerprint density at radius 1 is 1.17 bits per heavy atom. The van der Waals surface area contributed by atoms with E-state index in [-0.39, 0.29) is 18.9 Å². The molecule has 5 heteroatoms. The number of hydrogen-bond acceptors (Lipinski definition) is 4. The molecule has 1 heterocycles. The van der Waals surface area contributed by atoms with Gasteiger partial charge in [-0.15, -0.1) is 0 Å². The fraction of sp³-hybridized carbons (Fsp3) is 0.278. The molecule has 0 radical (unpaired) electrons. The van der Waals surface area contributed by atoms with Crippen molar-refractivity contribution in [2.45, 2.75) is 32.1 Å². The largest absolute Gasteiger partial charge is 0.367 e. The zero-order valence-corrected chi connectivity index (χ0v) is 13.1. The SMILES string of the molecule is CC1(CC(=O)N(O)Cc2ccccc2)NCc2ccccc2N1. The van der Waals surface area contributed by atoms with E-state index < -0.39 is 5.66 Å². The third kappa shape index (κ3) is 3.70. The summed E-state index contributed by atoms with van der Waals surface area (Å²) in [5.41, 5.74) is 2.50. The standard InChI is InChI=1S/C18H21N3O2/c1-18(19-12-15-9-5-6-10-16(15)20-18)11-17(22)21(23)13-14-7-3-2-4-8-14/h2-10,19-20,23H,11-13H2,1H3. The number of benzene rings is 2. The molecule has 0 fully saturated rings. The summed E-state index contributed by atoms with van der Waals surface area (Å²) in [6, 6.07) is 17.4. The molecule has 2 aromatic carbocycles. The molecule has 0 aliphatic carbocycles. The number of carbonyl (C=O) groups is 1. The van der Waals surface area contributed by atoms with Gasteiger partial charge in [0, 0.05) is 12.2 Å². The first-order valence-electron chi connectivity index (χ1n) is 7.70. The molecule has 3 N–H and O–H groups in total. The van der Waals surface area contributed by atoms with E-state index in [0.29, 0.717) is 6.54 Å². The summed E-state index contributed by atoms with van der Waals surface area (Å²) in [5.74, 6) is -0.323. The molecule has 120 valence electrons. The second-order valence-corrected chi connectivity index (χ2v) is 6.08. The highest BCUT2D eigenvalue weighted by Crippen LogP contribution is 2.26. The Morgan fingerprint density at radius 2 is 1.87 bits per heavy atom. The highest BCUT2D eigenvalue weighted by atomic mass is 16.5. The number of anilines is 1. The van der Waals surface area contributed by atoms with Crippen molar-refractivity contribution in [1.82, 2.24) is 10.4 Å². The smallest absolute Gasteiger partial charge is 0.249 e. The quantitative estimate of drug-likeness (QED) is 0.600. The van der Waals surface area contributed by atoms with Gasteiger partial charge in [0.05, 0.1) is 18.6 Å². The van der Waals surface area contributed by atoms with Crippen molar-refractivity contribution in [2.24, 2.45) is 0 Å². The van der Waals surface area contributed by atoms with Gasteiger partial charge in [0.25, 0.3) is 0 Å². The van der Waals surface area contributed by atoms with Crippen molar-refractivity contribution in [3.8, 4) is 0 Å². The van der Waals surface area contributed by atoms with Crippen LogP contribution in [0.3, 0.4) is 0 Å². The number of para-hydroxylation sites is 1. The summed E-state index contributed by atoms with van der Waals surface area (Å²) in [7, 11) is 0. The van der Waals surface area contributed by atoms with Gasteiger partial charge in [-0.05, 0) is 24.1 Å². The number of nitrogens with one attached hydrogen (secondary N) is 2. The number of rotatable bonds is 4. The first-order chi connectivity index (χ1) is 11.1. The summed E-state index contributed by atoms with van der Waals surface area (Å²) in [5, 5.41) is 17.5. The fourth-order valence-corrected chi connectivity index (χ4v) is 2.77. The summed E-state index contributed by atoms with van der Waals surface area (Å²) in [6.45, 7) is 2.81. The average molecular weight is 311 g/mol. The predicted octanol–water partition coefficient (Wildman–Crippen LogP) is 2.73. The van der Waals surface area contributed by atoms with Gasteiger partial charge in [0.2, 0.25) is 5.91 Å². The Morgan fingerprint density at radius 3 is 2.65 bits per heavy atom. The molecule has 1 aliphatic heterocycles. The van der Waals surface area contributed by atoms with E-state index >= 15 is 0 Å². The van der Waals surface area contributed by atoms with Crippen molar-refractivity contribution < 1.29 is 10.0 Å². The molecule has 0 saturated carbocycles. The van der Waals surface area contributed by atoms with E-state index in [2.05, 4.69) is 10.6 Å². The van der Waals surface area contributed by atoms with Crippen LogP contribution in [-0.4, -0.2) is 21.8 Å². The number of hydroxylamine groups is 2. The molecule has 1 atom stereocenters. The minimum absolute atomic E-state index is 0.157. The van der Waals surface area contributed by atoms with Crippen molar-refractivity contribution in [3.63, 3.8) is 0 Å². The Bertz CT molecular complexity index is 690. The minimum atomic E-state index is -0.580. The molecule has 2 aromatic rings. The maximum absolute atomic E-state index is 12.3. The van der Waals surface area contributed by atoms with E-state index in [1.165, 1.54) is 5.56 Å². The highest BCUT2D eigenvalue weighted by Gasteiger charge is 2.32.